The molecule has 0 saturated carbocycles. The van der Waals surface area contributed by atoms with E-state index in [9.17, 15) is 14.7 Å². The standard InChI is InChI=1S/C28H30N4O4/c1-4-32-18-22(21-12-8-9-13-24(21)32)26(33)27(34)30-23(16-19-10-6-5-7-11-19)28(35)31(2)20-14-15-25(36-3)29-17-20/h5-15,17-18,23,26,33H,4,16H2,1-3H3,(H,30,34)/t23-,26?/m0/s1. The number of carbonyl (C=O) groups is 2. The maximum absolute atomic E-state index is 13.5. The zero-order valence-corrected chi connectivity index (χ0v) is 20.6. The van der Waals surface area contributed by atoms with Crippen molar-refractivity contribution in [3.8, 4) is 5.88 Å². The Balaban J connectivity index is 1.60. The quantitative estimate of drug-likeness (QED) is 0.378. The van der Waals surface area contributed by atoms with Crippen LogP contribution in [0.4, 0.5) is 5.69 Å². The summed E-state index contributed by atoms with van der Waals surface area (Å²) in [4.78, 5) is 32.4. The first-order chi connectivity index (χ1) is 17.4. The lowest BCUT2D eigenvalue weighted by atomic mass is 10.0. The number of aliphatic hydroxyl groups excluding tert-OH is 1. The number of ether oxygens (including phenoxy) is 1. The van der Waals surface area contributed by atoms with Crippen molar-refractivity contribution in [1.29, 1.82) is 0 Å². The molecule has 0 radical (unpaired) electrons. The number of amides is 2. The van der Waals surface area contributed by atoms with Crippen LogP contribution in [-0.2, 0) is 22.6 Å². The van der Waals surface area contributed by atoms with Crippen LogP contribution in [0, 0.1) is 0 Å². The lowest BCUT2D eigenvalue weighted by Gasteiger charge is -2.25. The molecule has 2 heterocycles. The number of methoxy groups -OCH3 is 1. The fourth-order valence-electron chi connectivity index (χ4n) is 4.25. The normalized spacial score (nSPS) is 12.7. The number of hydrogen-bond acceptors (Lipinski definition) is 5. The zero-order valence-electron chi connectivity index (χ0n) is 20.6. The fourth-order valence-corrected chi connectivity index (χ4v) is 4.25. The Bertz CT molecular complexity index is 1330. The van der Waals surface area contributed by atoms with Gasteiger partial charge in [-0.05, 0) is 24.6 Å². The second-order valence-electron chi connectivity index (χ2n) is 8.50. The maximum atomic E-state index is 13.5. The number of nitrogens with one attached hydrogen (secondary N) is 1. The van der Waals surface area contributed by atoms with Crippen LogP contribution >= 0.6 is 0 Å². The van der Waals surface area contributed by atoms with Crippen LogP contribution in [-0.4, -0.2) is 46.7 Å². The molecule has 2 N–H and O–H groups in total. The summed E-state index contributed by atoms with van der Waals surface area (Å²) in [6.45, 7) is 2.70. The minimum absolute atomic E-state index is 0.267. The number of carbonyl (C=O) groups excluding carboxylic acids is 2. The molecule has 0 aliphatic carbocycles. The number of para-hydroxylation sites is 1. The van der Waals surface area contributed by atoms with Gasteiger partial charge in [0.15, 0.2) is 6.10 Å². The van der Waals surface area contributed by atoms with Gasteiger partial charge in [0.05, 0.1) is 19.0 Å². The molecule has 0 aliphatic rings. The second-order valence-corrected chi connectivity index (χ2v) is 8.50. The number of aromatic nitrogens is 2. The van der Waals surface area contributed by atoms with Crippen LogP contribution in [0.3, 0.4) is 0 Å². The van der Waals surface area contributed by atoms with E-state index in [-0.39, 0.29) is 12.3 Å². The van der Waals surface area contributed by atoms with Gasteiger partial charge >= 0.3 is 0 Å². The van der Waals surface area contributed by atoms with Gasteiger partial charge in [0.1, 0.15) is 6.04 Å². The monoisotopic (exact) mass is 486 g/mol. The summed E-state index contributed by atoms with van der Waals surface area (Å²) in [5.74, 6) is -0.532. The van der Waals surface area contributed by atoms with E-state index in [0.717, 1.165) is 16.5 Å². The number of fused-ring (bicyclic) bond motifs is 1. The minimum Gasteiger partial charge on any atom is -0.481 e. The molecule has 0 bridgehead atoms. The van der Waals surface area contributed by atoms with E-state index in [1.807, 2.05) is 66.1 Å². The number of anilines is 1. The average Bonchev–Trinajstić information content (AvgIpc) is 3.31. The molecule has 8 nitrogen and oxygen atoms in total. The molecule has 4 aromatic rings. The molecule has 0 aliphatic heterocycles. The summed E-state index contributed by atoms with van der Waals surface area (Å²) in [5.41, 5.74) is 2.88. The van der Waals surface area contributed by atoms with Gasteiger partial charge < -0.3 is 24.6 Å². The number of likely N-dealkylation sites (N-methyl/N-ethyl adjacent to an activating group) is 1. The van der Waals surface area contributed by atoms with Crippen LogP contribution in [0.15, 0.2) is 79.1 Å². The van der Waals surface area contributed by atoms with Crippen molar-refractivity contribution >= 4 is 28.4 Å². The minimum atomic E-state index is -1.43. The molecule has 2 aromatic carbocycles. The first kappa shape index (κ1) is 24.9. The summed E-state index contributed by atoms with van der Waals surface area (Å²) in [7, 11) is 3.15. The van der Waals surface area contributed by atoms with Gasteiger partial charge in [0.25, 0.3) is 5.91 Å². The fraction of sp³-hybridized carbons (Fsp3) is 0.250. The lowest BCUT2D eigenvalue weighted by molar-refractivity contribution is -0.133. The topological polar surface area (TPSA) is 96.7 Å². The molecule has 2 amide bonds. The van der Waals surface area contributed by atoms with Crippen molar-refractivity contribution in [1.82, 2.24) is 14.9 Å². The van der Waals surface area contributed by atoms with Crippen molar-refractivity contribution in [3.63, 3.8) is 0 Å². The van der Waals surface area contributed by atoms with Gasteiger partial charge in [0.2, 0.25) is 11.8 Å². The predicted molar refractivity (Wildman–Crippen MR) is 139 cm³/mol. The molecule has 1 unspecified atom stereocenters. The highest BCUT2D eigenvalue weighted by Gasteiger charge is 2.29. The summed E-state index contributed by atoms with van der Waals surface area (Å²) in [6, 6.07) is 19.5. The third-order valence-electron chi connectivity index (χ3n) is 6.25. The molecular weight excluding hydrogens is 456 g/mol. The van der Waals surface area contributed by atoms with Gasteiger partial charge in [-0.3, -0.25) is 9.59 Å². The first-order valence-electron chi connectivity index (χ1n) is 11.8. The molecule has 0 spiro atoms. The highest BCUT2D eigenvalue weighted by Crippen LogP contribution is 2.27. The molecule has 4 rings (SSSR count). The van der Waals surface area contributed by atoms with E-state index in [4.69, 9.17) is 4.74 Å². The third kappa shape index (κ3) is 5.23. The molecule has 8 heteroatoms. The smallest absolute Gasteiger partial charge is 0.254 e. The Kier molecular flexibility index (Phi) is 7.65. The van der Waals surface area contributed by atoms with Gasteiger partial charge in [-0.2, -0.15) is 0 Å². The molecule has 2 aromatic heterocycles. The SMILES string of the molecule is CCn1cc(C(O)C(=O)N[C@@H](Cc2ccccc2)C(=O)N(C)c2ccc(OC)nc2)c2ccccc21. The van der Waals surface area contributed by atoms with Crippen molar-refractivity contribution in [3.05, 3.63) is 90.3 Å². The number of rotatable bonds is 9. The Hall–Kier alpha value is -4.17. The van der Waals surface area contributed by atoms with E-state index >= 15 is 0 Å². The number of nitrogens with zero attached hydrogens (tertiary/aromatic N) is 3. The molecule has 0 saturated heterocycles. The van der Waals surface area contributed by atoms with Crippen LogP contribution in [0.5, 0.6) is 5.88 Å². The van der Waals surface area contributed by atoms with Gasteiger partial charge in [-0.15, -0.1) is 0 Å². The van der Waals surface area contributed by atoms with Crippen LogP contribution in [0.1, 0.15) is 24.2 Å². The largest absolute Gasteiger partial charge is 0.481 e. The highest BCUT2D eigenvalue weighted by atomic mass is 16.5. The molecule has 0 fully saturated rings. The highest BCUT2D eigenvalue weighted by molar-refractivity contribution is 6.00. The van der Waals surface area contributed by atoms with Crippen molar-refractivity contribution in [2.45, 2.75) is 32.0 Å². The molecular formula is C28H30N4O4. The Morgan fingerprint density at radius 3 is 2.47 bits per heavy atom. The second kappa shape index (κ2) is 11.0. The number of aliphatic hydroxyl groups is 1. The van der Waals surface area contributed by atoms with Crippen LogP contribution in [0.2, 0.25) is 0 Å². The Morgan fingerprint density at radius 2 is 1.81 bits per heavy atom. The van der Waals surface area contributed by atoms with E-state index in [2.05, 4.69) is 10.3 Å². The average molecular weight is 487 g/mol. The van der Waals surface area contributed by atoms with Gasteiger partial charge in [-0.1, -0.05) is 48.5 Å². The van der Waals surface area contributed by atoms with E-state index in [1.54, 1.807) is 25.4 Å². The van der Waals surface area contributed by atoms with Crippen LogP contribution in [0.25, 0.3) is 10.9 Å². The molecule has 2 atom stereocenters. The zero-order chi connectivity index (χ0) is 25.7. The Morgan fingerprint density at radius 1 is 1.08 bits per heavy atom. The van der Waals surface area contributed by atoms with Crippen molar-refractivity contribution in [2.24, 2.45) is 0 Å². The first-order valence-corrected chi connectivity index (χ1v) is 11.8. The number of benzene rings is 2. The van der Waals surface area contributed by atoms with Crippen molar-refractivity contribution < 1.29 is 19.4 Å². The van der Waals surface area contributed by atoms with E-state index in [0.29, 0.717) is 23.7 Å². The summed E-state index contributed by atoms with van der Waals surface area (Å²) >= 11 is 0. The number of aryl methyl sites for hydroxylation is 1. The Labute approximate surface area is 210 Å². The van der Waals surface area contributed by atoms with Gasteiger partial charge in [0, 0.05) is 48.7 Å². The lowest BCUT2D eigenvalue weighted by Crippen LogP contribution is -2.50. The maximum Gasteiger partial charge on any atom is 0.254 e. The van der Waals surface area contributed by atoms with E-state index < -0.39 is 18.1 Å². The summed E-state index contributed by atoms with van der Waals surface area (Å²) in [5, 5.41) is 14.6. The predicted octanol–water partition coefficient (Wildman–Crippen LogP) is 3.49. The van der Waals surface area contributed by atoms with Crippen molar-refractivity contribution in [2.75, 3.05) is 19.1 Å². The van der Waals surface area contributed by atoms with Crippen LogP contribution < -0.4 is 15.0 Å². The third-order valence-corrected chi connectivity index (χ3v) is 6.25. The number of pyridine rings is 1. The summed E-state index contributed by atoms with van der Waals surface area (Å²) < 4.78 is 7.08. The molecule has 186 valence electrons. The van der Waals surface area contributed by atoms with E-state index in [1.165, 1.54) is 18.2 Å². The summed E-state index contributed by atoms with van der Waals surface area (Å²) in [6.07, 6.45) is 2.16. The van der Waals surface area contributed by atoms with Gasteiger partial charge in [-0.25, -0.2) is 4.98 Å². The number of hydrogen-bond donors (Lipinski definition) is 2. The molecule has 36 heavy (non-hydrogen) atoms.